The van der Waals surface area contributed by atoms with Crippen LogP contribution in [-0.4, -0.2) is 46.5 Å². The summed E-state index contributed by atoms with van der Waals surface area (Å²) in [6.07, 6.45) is 1.02. The number of hydrogen-bond donors (Lipinski definition) is 1. The largest absolute Gasteiger partial charge is 0.306 e. The van der Waals surface area contributed by atoms with E-state index in [1.807, 2.05) is 13.0 Å². The summed E-state index contributed by atoms with van der Waals surface area (Å²) in [5.41, 5.74) is 3.23. The minimum atomic E-state index is -3.61. The van der Waals surface area contributed by atoms with Gasteiger partial charge in [-0.3, -0.25) is 4.79 Å². The molecule has 1 N–H and O–H groups in total. The number of fused-ring (bicyclic) bond motifs is 1. The molecule has 1 amide bonds. The molecule has 1 fully saturated rings. The van der Waals surface area contributed by atoms with Crippen molar-refractivity contribution in [2.24, 2.45) is 11.8 Å². The molecule has 2 aromatic heterocycles. The van der Waals surface area contributed by atoms with Gasteiger partial charge in [0.05, 0.1) is 20.8 Å². The smallest absolute Gasteiger partial charge is 0.256 e. The van der Waals surface area contributed by atoms with Crippen LogP contribution in [0.3, 0.4) is 0 Å². The van der Waals surface area contributed by atoms with Crippen LogP contribution in [0.25, 0.3) is 15.3 Å². The van der Waals surface area contributed by atoms with Gasteiger partial charge in [-0.1, -0.05) is 52.0 Å². The second-order valence-corrected chi connectivity index (χ2v) is 14.7. The monoisotopic (exact) mass is 565 g/mol. The van der Waals surface area contributed by atoms with Crippen LogP contribution >= 0.6 is 11.3 Å². The highest BCUT2D eigenvalue weighted by Crippen LogP contribution is 2.32. The summed E-state index contributed by atoms with van der Waals surface area (Å²) in [4.78, 5) is 18.1. The van der Waals surface area contributed by atoms with Crippen molar-refractivity contribution in [2.75, 3.05) is 18.4 Å². The van der Waals surface area contributed by atoms with Gasteiger partial charge in [-0.2, -0.15) is 14.1 Å². The van der Waals surface area contributed by atoms with E-state index in [1.54, 1.807) is 27.2 Å². The van der Waals surface area contributed by atoms with E-state index < -0.39 is 10.0 Å². The predicted molar refractivity (Wildman–Crippen MR) is 156 cm³/mol. The van der Waals surface area contributed by atoms with Crippen LogP contribution < -0.4 is 5.32 Å². The first-order chi connectivity index (χ1) is 18.3. The second kappa shape index (κ2) is 10.1. The van der Waals surface area contributed by atoms with Crippen molar-refractivity contribution in [1.82, 2.24) is 19.1 Å². The molecule has 3 heterocycles. The number of carbonyl (C=O) groups excluding carboxylic acids is 1. The van der Waals surface area contributed by atoms with E-state index in [9.17, 15) is 13.2 Å². The van der Waals surface area contributed by atoms with Crippen molar-refractivity contribution < 1.29 is 13.2 Å². The number of nitrogens with zero attached hydrogens (tertiary/aromatic N) is 4. The minimum absolute atomic E-state index is 0.0271. The molecular formula is C29H35N5O3S2. The summed E-state index contributed by atoms with van der Waals surface area (Å²) in [6.45, 7) is 13.6. The van der Waals surface area contributed by atoms with Gasteiger partial charge in [0.25, 0.3) is 5.91 Å². The summed E-state index contributed by atoms with van der Waals surface area (Å²) >= 11 is 1.52. The number of nitrogens with one attached hydrogen (secondary N) is 1. The fourth-order valence-corrected chi connectivity index (χ4v) is 7.77. The number of sulfonamides is 1. The van der Waals surface area contributed by atoms with E-state index in [0.29, 0.717) is 41.4 Å². The topological polar surface area (TPSA) is 97.2 Å². The van der Waals surface area contributed by atoms with Gasteiger partial charge < -0.3 is 5.32 Å². The Hall–Kier alpha value is -3.08. The maximum absolute atomic E-state index is 13.2. The van der Waals surface area contributed by atoms with Gasteiger partial charge in [0.2, 0.25) is 15.2 Å². The molecule has 10 heteroatoms. The Balaban J connectivity index is 1.37. The molecule has 1 aliphatic rings. The lowest BCUT2D eigenvalue weighted by atomic mass is 9.87. The van der Waals surface area contributed by atoms with Crippen LogP contribution in [0.4, 0.5) is 5.82 Å². The second-order valence-electron chi connectivity index (χ2n) is 11.8. The lowest BCUT2D eigenvalue weighted by Crippen LogP contribution is -2.42. The van der Waals surface area contributed by atoms with Crippen molar-refractivity contribution in [3.05, 3.63) is 65.4 Å². The van der Waals surface area contributed by atoms with Crippen molar-refractivity contribution >= 4 is 43.3 Å². The zero-order chi connectivity index (χ0) is 28.1. The number of thiazole rings is 1. The molecule has 206 valence electrons. The normalized spacial score (nSPS) is 18.9. The first-order valence-electron chi connectivity index (χ1n) is 13.2. The zero-order valence-corrected chi connectivity index (χ0v) is 24.9. The molecule has 0 bridgehead atoms. The van der Waals surface area contributed by atoms with Gasteiger partial charge in [0.15, 0.2) is 0 Å². The quantitative estimate of drug-likeness (QED) is 0.320. The van der Waals surface area contributed by atoms with Gasteiger partial charge >= 0.3 is 0 Å². The molecular weight excluding hydrogens is 530 g/mol. The van der Waals surface area contributed by atoms with Crippen molar-refractivity contribution in [3.63, 3.8) is 0 Å². The third-order valence-corrected chi connectivity index (χ3v) is 9.93. The molecule has 1 saturated heterocycles. The molecule has 0 radical (unpaired) electrons. The molecule has 2 unspecified atom stereocenters. The lowest BCUT2D eigenvalue weighted by Gasteiger charge is -2.34. The zero-order valence-electron chi connectivity index (χ0n) is 23.2. The van der Waals surface area contributed by atoms with E-state index in [-0.39, 0.29) is 16.2 Å². The highest BCUT2D eigenvalue weighted by molar-refractivity contribution is 7.89. The van der Waals surface area contributed by atoms with Gasteiger partial charge in [-0.25, -0.2) is 13.4 Å². The Labute approximate surface area is 234 Å². The highest BCUT2D eigenvalue weighted by Gasteiger charge is 2.31. The van der Waals surface area contributed by atoms with Crippen LogP contribution in [-0.2, 0) is 15.4 Å². The van der Waals surface area contributed by atoms with Gasteiger partial charge in [-0.05, 0) is 72.6 Å². The van der Waals surface area contributed by atoms with E-state index >= 15 is 0 Å². The average Bonchev–Trinajstić information content (AvgIpc) is 3.45. The number of amides is 1. The maximum Gasteiger partial charge on any atom is 0.256 e. The molecule has 0 spiro atoms. The Kier molecular flexibility index (Phi) is 7.15. The van der Waals surface area contributed by atoms with E-state index in [0.717, 1.165) is 22.3 Å². The third-order valence-electron chi connectivity index (χ3n) is 7.09. The summed E-state index contributed by atoms with van der Waals surface area (Å²) in [5.74, 6) is 0.785. The van der Waals surface area contributed by atoms with Gasteiger partial charge in [0.1, 0.15) is 5.82 Å². The van der Waals surface area contributed by atoms with Crippen molar-refractivity contribution in [3.8, 4) is 5.13 Å². The Bertz CT molecular complexity index is 1620. The molecule has 5 rings (SSSR count). The summed E-state index contributed by atoms with van der Waals surface area (Å²) in [7, 11) is -3.61. The molecule has 2 atom stereocenters. The molecule has 2 aromatic carbocycles. The number of anilines is 1. The molecule has 0 saturated carbocycles. The maximum atomic E-state index is 13.2. The molecule has 39 heavy (non-hydrogen) atoms. The van der Waals surface area contributed by atoms with Crippen LogP contribution in [0.1, 0.15) is 62.7 Å². The summed E-state index contributed by atoms with van der Waals surface area (Å²) in [5, 5.41) is 8.16. The van der Waals surface area contributed by atoms with Gasteiger partial charge in [-0.15, -0.1) is 0 Å². The minimum Gasteiger partial charge on any atom is -0.306 e. The Morgan fingerprint density at radius 2 is 1.69 bits per heavy atom. The fraction of sp³-hybridized carbons (Fsp3) is 0.414. The molecule has 4 aromatic rings. The third kappa shape index (κ3) is 5.64. The molecule has 0 aliphatic carbocycles. The van der Waals surface area contributed by atoms with Gasteiger partial charge in [0, 0.05) is 24.7 Å². The van der Waals surface area contributed by atoms with E-state index in [2.05, 4.69) is 57.2 Å². The average molecular weight is 566 g/mol. The van der Waals surface area contributed by atoms with Crippen molar-refractivity contribution in [2.45, 2.75) is 58.3 Å². The first kappa shape index (κ1) is 27.5. The van der Waals surface area contributed by atoms with Crippen LogP contribution in [0.2, 0.25) is 0 Å². The first-order valence-corrected chi connectivity index (χ1v) is 15.5. The Morgan fingerprint density at radius 1 is 1.03 bits per heavy atom. The number of carbonyl (C=O) groups is 1. The van der Waals surface area contributed by atoms with Crippen molar-refractivity contribution in [1.29, 1.82) is 0 Å². The Morgan fingerprint density at radius 3 is 2.33 bits per heavy atom. The van der Waals surface area contributed by atoms with E-state index in [4.69, 9.17) is 4.98 Å². The predicted octanol–water partition coefficient (Wildman–Crippen LogP) is 6.01. The number of aryl methyl sites for hydroxylation is 1. The number of benzene rings is 2. The van der Waals surface area contributed by atoms with E-state index in [1.165, 1.54) is 29.0 Å². The van der Waals surface area contributed by atoms with Crippen LogP contribution in [0.5, 0.6) is 0 Å². The van der Waals surface area contributed by atoms with Crippen LogP contribution in [0.15, 0.2) is 53.4 Å². The number of aromatic nitrogens is 3. The van der Waals surface area contributed by atoms with Crippen LogP contribution in [0, 0.1) is 18.8 Å². The number of piperidine rings is 1. The molecule has 8 nitrogen and oxygen atoms in total. The SMILES string of the molecule is Cc1cc(NC(=O)c2ccc(S(=O)(=O)N3CC(C)CC(C)C3)cc2)n(-c2nc3ccc(C(C)(C)C)cc3s2)n1. The lowest BCUT2D eigenvalue weighted by molar-refractivity contribution is 0.102. The molecule has 1 aliphatic heterocycles. The highest BCUT2D eigenvalue weighted by atomic mass is 32.2. The fourth-order valence-electron chi connectivity index (χ4n) is 5.12. The summed E-state index contributed by atoms with van der Waals surface area (Å²) < 4.78 is 30.7. The summed E-state index contributed by atoms with van der Waals surface area (Å²) in [6, 6.07) is 14.2. The standard InChI is InChI=1S/C29H35N5O3S2/c1-18-13-19(2)17-33(16-18)39(36,37)23-10-7-21(8-11-23)27(35)31-26-14-20(3)32-34(26)28-30-24-12-9-22(29(4,5)6)15-25(24)38-28/h7-12,14-15,18-19H,13,16-17H2,1-6H3,(H,31,35). The number of hydrogen-bond acceptors (Lipinski definition) is 6. The number of rotatable bonds is 5.